The van der Waals surface area contributed by atoms with E-state index in [2.05, 4.69) is 39.1 Å². The van der Waals surface area contributed by atoms with Gasteiger partial charge in [0.15, 0.2) is 5.69 Å². The molecule has 1 saturated heterocycles. The first-order valence-electron chi connectivity index (χ1n) is 9.81. The molecule has 2 aromatic rings. The van der Waals surface area contributed by atoms with Gasteiger partial charge in [0.1, 0.15) is 0 Å². The lowest BCUT2D eigenvalue weighted by Gasteiger charge is -2.35. The van der Waals surface area contributed by atoms with Crippen molar-refractivity contribution in [3.63, 3.8) is 0 Å². The number of aromatic nitrogens is 2. The molecule has 2 heterocycles. The van der Waals surface area contributed by atoms with Crippen LogP contribution in [-0.2, 0) is 12.7 Å². The van der Waals surface area contributed by atoms with Crippen LogP contribution in [0.25, 0.3) is 0 Å². The van der Waals surface area contributed by atoms with Gasteiger partial charge in [-0.05, 0) is 67.8 Å². The number of hydrogen-bond acceptors (Lipinski definition) is 4. The maximum atomic E-state index is 12.7. The Kier molecular flexibility index (Phi) is 5.53. The van der Waals surface area contributed by atoms with Crippen molar-refractivity contribution in [2.75, 3.05) is 19.7 Å². The summed E-state index contributed by atoms with van der Waals surface area (Å²) < 4.78 is 43.4. The Hall–Kier alpha value is -2.15. The van der Waals surface area contributed by atoms with E-state index >= 15 is 0 Å². The molecule has 0 N–H and O–H groups in total. The molecule has 150 valence electrons. The Morgan fingerprint density at radius 1 is 1.04 bits per heavy atom. The molecular formula is C21H24F3N3O. The van der Waals surface area contributed by atoms with Gasteiger partial charge < -0.3 is 4.74 Å². The fourth-order valence-corrected chi connectivity index (χ4v) is 4.00. The van der Waals surface area contributed by atoms with E-state index in [9.17, 15) is 13.2 Å². The van der Waals surface area contributed by atoms with E-state index in [1.807, 2.05) is 0 Å². The van der Waals surface area contributed by atoms with Gasteiger partial charge in [0, 0.05) is 12.7 Å². The van der Waals surface area contributed by atoms with E-state index in [4.69, 9.17) is 4.74 Å². The number of halogens is 3. The highest BCUT2D eigenvalue weighted by Crippen LogP contribution is 2.41. The molecule has 1 aromatic heterocycles. The van der Waals surface area contributed by atoms with Crippen LogP contribution in [0.5, 0.6) is 6.01 Å². The van der Waals surface area contributed by atoms with Crippen LogP contribution in [0, 0.1) is 5.92 Å². The van der Waals surface area contributed by atoms with Gasteiger partial charge in [0.2, 0.25) is 0 Å². The fourth-order valence-electron chi connectivity index (χ4n) is 4.00. The van der Waals surface area contributed by atoms with Gasteiger partial charge in [0.25, 0.3) is 0 Å². The van der Waals surface area contributed by atoms with Crippen LogP contribution in [0.15, 0.2) is 36.5 Å². The van der Waals surface area contributed by atoms with Gasteiger partial charge in [-0.2, -0.15) is 18.2 Å². The Balaban J connectivity index is 1.23. The molecule has 0 unspecified atom stereocenters. The van der Waals surface area contributed by atoms with E-state index in [-0.39, 0.29) is 6.01 Å². The number of likely N-dealkylation sites (tertiary alicyclic amines) is 1. The van der Waals surface area contributed by atoms with E-state index in [0.717, 1.165) is 31.6 Å². The Morgan fingerprint density at radius 2 is 1.75 bits per heavy atom. The number of ether oxygens (including phenoxy) is 1. The van der Waals surface area contributed by atoms with Crippen molar-refractivity contribution < 1.29 is 17.9 Å². The molecule has 1 saturated carbocycles. The number of rotatable bonds is 6. The highest BCUT2D eigenvalue weighted by atomic mass is 19.4. The van der Waals surface area contributed by atoms with Gasteiger partial charge >= 0.3 is 12.2 Å². The molecule has 1 aliphatic carbocycles. The molecule has 1 aromatic carbocycles. The minimum absolute atomic E-state index is 0.204. The quantitative estimate of drug-likeness (QED) is 0.718. The summed E-state index contributed by atoms with van der Waals surface area (Å²) in [4.78, 5) is 9.70. The Labute approximate surface area is 162 Å². The lowest BCUT2D eigenvalue weighted by molar-refractivity contribution is -0.141. The average Bonchev–Trinajstić information content (AvgIpc) is 3.14. The standard InChI is InChI=1S/C21H24F3N3O/c22-21(23,24)19-7-8-25-20(26-19)28-14-16-11-18(12-16)17-5-3-15(4-6-17)13-27-9-1-2-10-27/h3-8,16,18H,1-2,9-14H2/t16-,18+. The second kappa shape index (κ2) is 8.07. The molecule has 28 heavy (non-hydrogen) atoms. The van der Waals surface area contributed by atoms with Crippen LogP contribution in [0.1, 0.15) is 48.4 Å². The summed E-state index contributed by atoms with van der Waals surface area (Å²) in [5, 5.41) is 0. The van der Waals surface area contributed by atoms with E-state index in [1.54, 1.807) is 0 Å². The first kappa shape index (κ1) is 19.2. The molecule has 2 fully saturated rings. The average molecular weight is 391 g/mol. The normalized spacial score (nSPS) is 22.8. The molecule has 1 aliphatic heterocycles. The molecule has 7 heteroatoms. The molecule has 0 spiro atoms. The summed E-state index contributed by atoms with van der Waals surface area (Å²) in [7, 11) is 0. The molecule has 4 nitrogen and oxygen atoms in total. The molecule has 0 bridgehead atoms. The fraction of sp³-hybridized carbons (Fsp3) is 0.524. The summed E-state index contributed by atoms with van der Waals surface area (Å²) in [6.07, 6.45) is 1.15. The summed E-state index contributed by atoms with van der Waals surface area (Å²) in [6.45, 7) is 3.77. The Bertz CT molecular complexity index is 782. The van der Waals surface area contributed by atoms with Gasteiger partial charge in [-0.3, -0.25) is 4.90 Å². The number of hydrogen-bond donors (Lipinski definition) is 0. The van der Waals surface area contributed by atoms with Crippen molar-refractivity contribution in [2.45, 2.75) is 44.3 Å². The summed E-state index contributed by atoms with van der Waals surface area (Å²) in [5.41, 5.74) is 1.71. The number of alkyl halides is 3. The zero-order chi connectivity index (χ0) is 19.6. The van der Waals surface area contributed by atoms with E-state index in [1.165, 1.54) is 37.1 Å². The topological polar surface area (TPSA) is 38.2 Å². The summed E-state index contributed by atoms with van der Waals surface area (Å²) in [5.74, 6) is 0.823. The Morgan fingerprint density at radius 3 is 2.43 bits per heavy atom. The largest absolute Gasteiger partial charge is 0.463 e. The molecular weight excluding hydrogens is 367 g/mol. The first-order valence-corrected chi connectivity index (χ1v) is 9.81. The highest BCUT2D eigenvalue weighted by Gasteiger charge is 2.34. The lowest BCUT2D eigenvalue weighted by atomic mass is 9.72. The second-order valence-electron chi connectivity index (χ2n) is 7.79. The minimum atomic E-state index is -4.48. The third-order valence-electron chi connectivity index (χ3n) is 5.66. The van der Waals surface area contributed by atoms with Crippen LogP contribution >= 0.6 is 0 Å². The van der Waals surface area contributed by atoms with Crippen molar-refractivity contribution in [1.29, 1.82) is 0 Å². The van der Waals surface area contributed by atoms with Gasteiger partial charge in [-0.15, -0.1) is 0 Å². The van der Waals surface area contributed by atoms with Gasteiger partial charge in [-0.25, -0.2) is 4.98 Å². The predicted molar refractivity (Wildman–Crippen MR) is 98.9 cm³/mol. The predicted octanol–water partition coefficient (Wildman–Crippen LogP) is 4.66. The maximum Gasteiger partial charge on any atom is 0.433 e. The molecule has 0 radical (unpaired) electrons. The van der Waals surface area contributed by atoms with Crippen molar-refractivity contribution in [3.05, 3.63) is 53.3 Å². The van der Waals surface area contributed by atoms with Crippen LogP contribution in [-0.4, -0.2) is 34.6 Å². The number of nitrogens with zero attached hydrogens (tertiary/aromatic N) is 3. The highest BCUT2D eigenvalue weighted by molar-refractivity contribution is 5.27. The van der Waals surface area contributed by atoms with Crippen LogP contribution in [0.4, 0.5) is 13.2 Å². The van der Waals surface area contributed by atoms with Gasteiger partial charge in [-0.1, -0.05) is 24.3 Å². The summed E-state index contributed by atoms with van der Waals surface area (Å²) in [6, 6.07) is 9.50. The monoisotopic (exact) mass is 391 g/mol. The molecule has 4 rings (SSSR count). The molecule has 0 atom stereocenters. The van der Waals surface area contributed by atoms with E-state index in [0.29, 0.717) is 18.4 Å². The van der Waals surface area contributed by atoms with Crippen LogP contribution in [0.3, 0.4) is 0 Å². The second-order valence-corrected chi connectivity index (χ2v) is 7.79. The zero-order valence-corrected chi connectivity index (χ0v) is 15.7. The maximum absolute atomic E-state index is 12.7. The van der Waals surface area contributed by atoms with Crippen LogP contribution < -0.4 is 4.74 Å². The minimum Gasteiger partial charge on any atom is -0.463 e. The van der Waals surface area contributed by atoms with Crippen molar-refractivity contribution in [2.24, 2.45) is 5.92 Å². The van der Waals surface area contributed by atoms with Gasteiger partial charge in [0.05, 0.1) is 6.61 Å². The van der Waals surface area contributed by atoms with E-state index < -0.39 is 11.9 Å². The first-order chi connectivity index (χ1) is 13.5. The molecule has 2 aliphatic rings. The van der Waals surface area contributed by atoms with Crippen LogP contribution in [0.2, 0.25) is 0 Å². The zero-order valence-electron chi connectivity index (χ0n) is 15.7. The number of benzene rings is 1. The third-order valence-corrected chi connectivity index (χ3v) is 5.66. The van der Waals surface area contributed by atoms with Crippen molar-refractivity contribution in [1.82, 2.24) is 14.9 Å². The van der Waals surface area contributed by atoms with Crippen molar-refractivity contribution in [3.8, 4) is 6.01 Å². The lowest BCUT2D eigenvalue weighted by Crippen LogP contribution is -2.27. The summed E-state index contributed by atoms with van der Waals surface area (Å²) >= 11 is 0. The third kappa shape index (κ3) is 4.63. The smallest absolute Gasteiger partial charge is 0.433 e. The molecule has 0 amide bonds. The SMILES string of the molecule is FC(F)(F)c1ccnc(OC[C@H]2C[C@@H](c3ccc(CN4CCCC4)cc3)C2)n1. The van der Waals surface area contributed by atoms with Crippen molar-refractivity contribution >= 4 is 0 Å².